The molecule has 1 aromatic carbocycles. The van der Waals surface area contributed by atoms with Crippen molar-refractivity contribution in [2.24, 2.45) is 11.3 Å². The van der Waals surface area contributed by atoms with Gasteiger partial charge in [-0.05, 0) is 99.6 Å². The fraction of sp³-hybridized carbons (Fsp3) is 0.548. The number of thiophene rings is 1. The van der Waals surface area contributed by atoms with Gasteiger partial charge in [0.25, 0.3) is 0 Å². The highest BCUT2D eigenvalue weighted by Crippen LogP contribution is 2.51. The molecule has 1 saturated heterocycles. The summed E-state index contributed by atoms with van der Waals surface area (Å²) in [6.07, 6.45) is 9.68. The van der Waals surface area contributed by atoms with Crippen LogP contribution < -0.4 is 0 Å². The average Bonchev–Trinajstić information content (AvgIpc) is 3.77. The summed E-state index contributed by atoms with van der Waals surface area (Å²) in [5.74, 6) is -0.484. The molecule has 3 heterocycles. The first-order valence-electron chi connectivity index (χ1n) is 14.5. The lowest BCUT2D eigenvalue weighted by molar-refractivity contribution is -0.192. The van der Waals surface area contributed by atoms with Crippen LogP contribution in [0.2, 0.25) is 0 Å². The number of ether oxygens (including phenoxy) is 1. The monoisotopic (exact) mass is 564 g/mol. The minimum atomic E-state index is -1.50. The number of likely N-dealkylation sites (tertiary alicyclic amines) is 1. The van der Waals surface area contributed by atoms with Gasteiger partial charge in [0, 0.05) is 22.9 Å². The van der Waals surface area contributed by atoms with Crippen LogP contribution in [-0.2, 0) is 21.7 Å². The van der Waals surface area contributed by atoms with Crippen molar-refractivity contribution in [1.29, 1.82) is 0 Å². The summed E-state index contributed by atoms with van der Waals surface area (Å²) >= 11 is 1.45. The predicted molar refractivity (Wildman–Crippen MR) is 156 cm³/mol. The summed E-state index contributed by atoms with van der Waals surface area (Å²) < 4.78 is 7.89. The number of aryl methyl sites for hydroxylation is 1. The van der Waals surface area contributed by atoms with Gasteiger partial charge in [0.15, 0.2) is 5.60 Å². The van der Waals surface area contributed by atoms with E-state index in [2.05, 4.69) is 28.4 Å². The molecule has 9 heteroatoms. The van der Waals surface area contributed by atoms with Gasteiger partial charge < -0.3 is 14.7 Å². The number of benzene rings is 1. The molecule has 3 aliphatic rings. The quantitative estimate of drug-likeness (QED) is 0.212. The van der Waals surface area contributed by atoms with E-state index in [4.69, 9.17) is 4.74 Å². The number of fused-ring (bicyclic) bond motifs is 1. The molecule has 1 unspecified atom stereocenters. The summed E-state index contributed by atoms with van der Waals surface area (Å²) in [6.45, 7) is 9.92. The minimum Gasteiger partial charge on any atom is -0.460 e. The molecular weight excluding hydrogens is 524 g/mol. The number of hydrogen-bond acceptors (Lipinski definition) is 8. The fourth-order valence-corrected chi connectivity index (χ4v) is 7.76. The Kier molecular flexibility index (Phi) is 8.83. The predicted octanol–water partition coefficient (Wildman–Crippen LogP) is 5.36. The molecule has 2 aliphatic carbocycles. The molecule has 0 amide bonds. The number of piperidine rings is 1. The molecule has 8 nitrogen and oxygen atoms in total. The highest BCUT2D eigenvalue weighted by atomic mass is 32.1. The number of hydrogen-bond donors (Lipinski definition) is 1. The average molecular weight is 565 g/mol. The van der Waals surface area contributed by atoms with Crippen LogP contribution in [0.3, 0.4) is 0 Å². The molecule has 1 aliphatic heterocycles. The largest absolute Gasteiger partial charge is 0.460 e. The van der Waals surface area contributed by atoms with E-state index in [0.29, 0.717) is 5.56 Å². The molecule has 0 radical (unpaired) electrons. The van der Waals surface area contributed by atoms with E-state index in [1.54, 1.807) is 12.1 Å². The molecule has 3 fully saturated rings. The number of aldehydes is 1. The van der Waals surface area contributed by atoms with Crippen molar-refractivity contribution < 1.29 is 19.4 Å². The van der Waals surface area contributed by atoms with Gasteiger partial charge in [-0.2, -0.15) is 0 Å². The molecule has 2 aromatic heterocycles. The molecule has 1 spiro atoms. The van der Waals surface area contributed by atoms with E-state index in [-0.39, 0.29) is 17.4 Å². The van der Waals surface area contributed by atoms with Gasteiger partial charge in [-0.1, -0.05) is 24.1 Å². The second-order valence-electron chi connectivity index (χ2n) is 11.5. The number of carbonyl (C=O) groups excluding carboxylic acids is 2. The molecule has 40 heavy (non-hydrogen) atoms. The summed E-state index contributed by atoms with van der Waals surface area (Å²) in [7, 11) is 0. The van der Waals surface area contributed by atoms with E-state index in [9.17, 15) is 14.7 Å². The zero-order chi connectivity index (χ0) is 28.2. The van der Waals surface area contributed by atoms with Gasteiger partial charge in [-0.15, -0.1) is 29.6 Å². The number of carbonyl (C=O) groups is 2. The Morgan fingerprint density at radius 1 is 1.18 bits per heavy atom. The first-order valence-corrected chi connectivity index (χ1v) is 15.4. The Morgan fingerprint density at radius 3 is 2.60 bits per heavy atom. The Balaban J connectivity index is 0.00000158. The van der Waals surface area contributed by atoms with Gasteiger partial charge in [0.1, 0.15) is 17.9 Å². The highest BCUT2D eigenvalue weighted by Gasteiger charge is 2.53. The third-order valence-corrected chi connectivity index (χ3v) is 10.2. The molecule has 1 N–H and O–H groups in total. The number of esters is 1. The van der Waals surface area contributed by atoms with E-state index in [0.717, 1.165) is 106 Å². The Morgan fingerprint density at radius 2 is 1.93 bits per heavy atom. The van der Waals surface area contributed by atoms with Gasteiger partial charge in [0.2, 0.25) is 0 Å². The fourth-order valence-electron chi connectivity index (χ4n) is 6.87. The van der Waals surface area contributed by atoms with E-state index >= 15 is 0 Å². The molecule has 1 atom stereocenters. The van der Waals surface area contributed by atoms with Crippen LogP contribution >= 0.6 is 11.3 Å². The van der Waals surface area contributed by atoms with Crippen molar-refractivity contribution in [3.05, 3.63) is 59.3 Å². The maximum absolute atomic E-state index is 13.3. The maximum atomic E-state index is 13.3. The highest BCUT2D eigenvalue weighted by molar-refractivity contribution is 7.10. The number of nitrogens with zero attached hydrogens (tertiary/aromatic N) is 4. The van der Waals surface area contributed by atoms with Crippen molar-refractivity contribution in [2.45, 2.75) is 76.0 Å². The zero-order valence-corrected chi connectivity index (χ0v) is 24.0. The summed E-state index contributed by atoms with van der Waals surface area (Å²) in [6, 6.07) is 9.27. The number of rotatable bonds is 9. The van der Waals surface area contributed by atoms with Crippen molar-refractivity contribution in [3.8, 4) is 0 Å². The summed E-state index contributed by atoms with van der Waals surface area (Å²) in [4.78, 5) is 27.5. The second kappa shape index (κ2) is 12.3. The molecule has 2 saturated carbocycles. The van der Waals surface area contributed by atoms with Crippen LogP contribution in [0.25, 0.3) is 11.0 Å². The Bertz CT molecular complexity index is 1290. The van der Waals surface area contributed by atoms with E-state index in [1.165, 1.54) is 11.3 Å². The van der Waals surface area contributed by atoms with Gasteiger partial charge in [-0.25, -0.2) is 9.48 Å². The van der Waals surface area contributed by atoms with Crippen molar-refractivity contribution in [2.75, 3.05) is 19.6 Å². The van der Waals surface area contributed by atoms with Crippen molar-refractivity contribution in [1.82, 2.24) is 19.9 Å². The van der Waals surface area contributed by atoms with Crippen LogP contribution in [0.15, 0.2) is 48.9 Å². The van der Waals surface area contributed by atoms with Crippen molar-refractivity contribution in [3.63, 3.8) is 0 Å². The zero-order valence-electron chi connectivity index (χ0n) is 23.2. The lowest BCUT2D eigenvalue weighted by atomic mass is 9.61. The van der Waals surface area contributed by atoms with Gasteiger partial charge >= 0.3 is 5.97 Å². The molecule has 214 valence electrons. The molecule has 0 bridgehead atoms. The number of aliphatic hydroxyl groups is 1. The van der Waals surface area contributed by atoms with Crippen LogP contribution in [0, 0.1) is 11.3 Å². The summed E-state index contributed by atoms with van der Waals surface area (Å²) in [5, 5.41) is 22.0. The minimum absolute atomic E-state index is 0.0461. The Hall–Kier alpha value is -2.88. The first kappa shape index (κ1) is 28.6. The van der Waals surface area contributed by atoms with Crippen LogP contribution in [-0.4, -0.2) is 63.0 Å². The normalized spacial score (nSPS) is 20.9. The summed E-state index contributed by atoms with van der Waals surface area (Å²) in [5.41, 5.74) is 1.11. The van der Waals surface area contributed by atoms with Crippen LogP contribution in [0.1, 0.15) is 73.0 Å². The SMILES string of the molecule is C=C.O=Cc1ccc2c(c1)nnn2CCCN1CCC2(CC1)CC(OC(=O)C(O)(c1cccs1)C1CCCC1)C2. The molecule has 3 aromatic rings. The lowest BCUT2D eigenvalue weighted by Gasteiger charge is -2.52. The standard InChI is InChI=1S/C29H36N4O4S.C2H4/c34-20-21-8-9-25-24(17-21)30-31-33(25)13-4-12-32-14-10-28(11-15-32)18-23(19-28)37-27(35)29(36,22-5-1-2-6-22)26-7-3-16-38-26;1-2/h3,7-9,16-17,20,22-23,36H,1-2,4-6,10-15,18-19H2;1-2H2. The maximum Gasteiger partial charge on any atom is 0.344 e. The Labute approximate surface area is 240 Å². The second-order valence-corrected chi connectivity index (χ2v) is 12.5. The molecule has 6 rings (SSSR count). The molecular formula is C31H40N4O4S. The van der Waals surface area contributed by atoms with Crippen LogP contribution in [0.4, 0.5) is 0 Å². The number of aromatic nitrogens is 3. The van der Waals surface area contributed by atoms with Gasteiger partial charge in [0.05, 0.1) is 5.52 Å². The lowest BCUT2D eigenvalue weighted by Crippen LogP contribution is -2.52. The van der Waals surface area contributed by atoms with Crippen LogP contribution in [0.5, 0.6) is 0 Å². The van der Waals surface area contributed by atoms with E-state index < -0.39 is 11.6 Å². The smallest absolute Gasteiger partial charge is 0.344 e. The topological polar surface area (TPSA) is 97.5 Å². The first-order chi connectivity index (χ1) is 19.5. The van der Waals surface area contributed by atoms with Gasteiger partial charge in [-0.3, -0.25) is 4.79 Å². The third-order valence-electron chi connectivity index (χ3n) is 9.18. The van der Waals surface area contributed by atoms with E-state index in [1.807, 2.05) is 28.3 Å². The third kappa shape index (κ3) is 5.64. The van der Waals surface area contributed by atoms with Crippen molar-refractivity contribution >= 4 is 34.6 Å².